The standard InChI is InChI=1S/C22H22ClN5O2/c1-16(28-21(29)8-7-20(25-28)17-4-3-9-24-15-17)22(30)27-12-10-26(11-13-27)19-6-2-5-18(23)14-19/h2-9,14-16H,10-13H2,1H3. The van der Waals surface area contributed by atoms with Gasteiger partial charge in [0.2, 0.25) is 5.91 Å². The molecule has 1 saturated heterocycles. The Hall–Kier alpha value is -3.19. The van der Waals surface area contributed by atoms with Crippen LogP contribution < -0.4 is 10.5 Å². The monoisotopic (exact) mass is 423 g/mol. The Labute approximate surface area is 179 Å². The first-order valence-electron chi connectivity index (χ1n) is 9.82. The van der Waals surface area contributed by atoms with Crippen molar-refractivity contribution in [3.63, 3.8) is 0 Å². The molecule has 1 atom stereocenters. The molecule has 2 aromatic heterocycles. The van der Waals surface area contributed by atoms with Crippen LogP contribution in [0.15, 0.2) is 65.7 Å². The zero-order valence-electron chi connectivity index (χ0n) is 16.6. The van der Waals surface area contributed by atoms with Gasteiger partial charge in [0.05, 0.1) is 5.69 Å². The highest BCUT2D eigenvalue weighted by atomic mass is 35.5. The van der Waals surface area contributed by atoms with E-state index in [-0.39, 0.29) is 11.5 Å². The van der Waals surface area contributed by atoms with Gasteiger partial charge in [0.1, 0.15) is 6.04 Å². The average Bonchev–Trinajstić information content (AvgIpc) is 2.79. The zero-order valence-corrected chi connectivity index (χ0v) is 17.4. The van der Waals surface area contributed by atoms with E-state index >= 15 is 0 Å². The molecular weight excluding hydrogens is 402 g/mol. The molecule has 3 aromatic rings. The van der Waals surface area contributed by atoms with Crippen LogP contribution in [0, 0.1) is 0 Å². The molecule has 0 N–H and O–H groups in total. The third-order valence-corrected chi connectivity index (χ3v) is 5.51. The number of hydrogen-bond donors (Lipinski definition) is 0. The number of halogens is 1. The van der Waals surface area contributed by atoms with Gasteiger partial charge in [0.25, 0.3) is 5.56 Å². The Morgan fingerprint density at radius 3 is 2.57 bits per heavy atom. The van der Waals surface area contributed by atoms with Crippen molar-refractivity contribution in [2.75, 3.05) is 31.1 Å². The summed E-state index contributed by atoms with van der Waals surface area (Å²) in [6.07, 6.45) is 3.35. The number of carbonyl (C=O) groups is 1. The number of pyridine rings is 1. The van der Waals surface area contributed by atoms with Crippen LogP contribution in [0.2, 0.25) is 5.02 Å². The first-order valence-corrected chi connectivity index (χ1v) is 10.2. The molecule has 1 fully saturated rings. The second-order valence-electron chi connectivity index (χ2n) is 7.21. The lowest BCUT2D eigenvalue weighted by atomic mass is 10.2. The summed E-state index contributed by atoms with van der Waals surface area (Å²) < 4.78 is 1.26. The maximum Gasteiger partial charge on any atom is 0.267 e. The van der Waals surface area contributed by atoms with Gasteiger partial charge in [-0.15, -0.1) is 0 Å². The summed E-state index contributed by atoms with van der Waals surface area (Å²) in [6, 6.07) is 13.8. The maximum atomic E-state index is 13.1. The molecule has 4 rings (SSSR count). The molecule has 0 radical (unpaired) electrons. The molecule has 1 aliphatic heterocycles. The summed E-state index contributed by atoms with van der Waals surface area (Å²) in [7, 11) is 0. The molecule has 30 heavy (non-hydrogen) atoms. The van der Waals surface area contributed by atoms with Crippen molar-refractivity contribution in [2.24, 2.45) is 0 Å². The van der Waals surface area contributed by atoms with Gasteiger partial charge in [-0.3, -0.25) is 14.6 Å². The van der Waals surface area contributed by atoms with E-state index in [2.05, 4.69) is 15.0 Å². The van der Waals surface area contributed by atoms with E-state index in [9.17, 15) is 9.59 Å². The smallest absolute Gasteiger partial charge is 0.267 e. The number of piperazine rings is 1. The molecule has 154 valence electrons. The van der Waals surface area contributed by atoms with Gasteiger partial charge in [-0.05, 0) is 43.3 Å². The summed E-state index contributed by atoms with van der Waals surface area (Å²) in [5, 5.41) is 5.12. The topological polar surface area (TPSA) is 71.3 Å². The minimum absolute atomic E-state index is 0.112. The van der Waals surface area contributed by atoms with Crippen LogP contribution in [-0.4, -0.2) is 51.8 Å². The van der Waals surface area contributed by atoms with Crippen molar-refractivity contribution in [1.29, 1.82) is 0 Å². The Bertz CT molecular complexity index is 1090. The number of hydrogen-bond acceptors (Lipinski definition) is 5. The summed E-state index contributed by atoms with van der Waals surface area (Å²) in [5.74, 6) is -0.112. The second-order valence-corrected chi connectivity index (χ2v) is 7.65. The molecule has 0 saturated carbocycles. The van der Waals surface area contributed by atoms with E-state index in [1.54, 1.807) is 36.4 Å². The van der Waals surface area contributed by atoms with Crippen LogP contribution in [0.5, 0.6) is 0 Å². The lowest BCUT2D eigenvalue weighted by molar-refractivity contribution is -0.135. The molecule has 7 nitrogen and oxygen atoms in total. The van der Waals surface area contributed by atoms with Crippen LogP contribution in [-0.2, 0) is 4.79 Å². The average molecular weight is 424 g/mol. The fourth-order valence-electron chi connectivity index (χ4n) is 3.60. The molecule has 1 aromatic carbocycles. The van der Waals surface area contributed by atoms with Crippen molar-refractivity contribution in [3.8, 4) is 11.3 Å². The van der Waals surface area contributed by atoms with Gasteiger partial charge in [-0.2, -0.15) is 5.10 Å². The second kappa shape index (κ2) is 8.67. The van der Waals surface area contributed by atoms with Crippen molar-refractivity contribution in [2.45, 2.75) is 13.0 Å². The predicted octanol–water partition coefficient (Wildman–Crippen LogP) is 2.87. The largest absolute Gasteiger partial charge is 0.368 e. The fourth-order valence-corrected chi connectivity index (χ4v) is 3.78. The fraction of sp³-hybridized carbons (Fsp3) is 0.273. The number of nitrogens with zero attached hydrogens (tertiary/aromatic N) is 5. The molecule has 8 heteroatoms. The Balaban J connectivity index is 1.47. The first kappa shape index (κ1) is 20.1. The molecule has 3 heterocycles. The molecular formula is C22H22ClN5O2. The van der Waals surface area contributed by atoms with Gasteiger partial charge in [0.15, 0.2) is 0 Å². The third kappa shape index (κ3) is 4.21. The molecule has 0 spiro atoms. The van der Waals surface area contributed by atoms with Gasteiger partial charge in [-0.25, -0.2) is 4.68 Å². The van der Waals surface area contributed by atoms with E-state index in [4.69, 9.17) is 11.6 Å². The zero-order chi connectivity index (χ0) is 21.1. The van der Waals surface area contributed by atoms with Crippen LogP contribution in [0.1, 0.15) is 13.0 Å². The van der Waals surface area contributed by atoms with Crippen molar-refractivity contribution in [1.82, 2.24) is 19.7 Å². The molecule has 1 amide bonds. The Morgan fingerprint density at radius 1 is 1.07 bits per heavy atom. The normalized spacial score (nSPS) is 15.1. The lowest BCUT2D eigenvalue weighted by Crippen LogP contribution is -2.51. The van der Waals surface area contributed by atoms with Crippen LogP contribution in [0.25, 0.3) is 11.3 Å². The Morgan fingerprint density at radius 2 is 1.87 bits per heavy atom. The molecule has 0 bridgehead atoms. The summed E-state index contributed by atoms with van der Waals surface area (Å²) in [6.45, 7) is 4.28. The quantitative estimate of drug-likeness (QED) is 0.645. The van der Waals surface area contributed by atoms with Crippen molar-refractivity contribution in [3.05, 3.63) is 76.3 Å². The summed E-state index contributed by atoms with van der Waals surface area (Å²) in [5.41, 5.74) is 2.14. The minimum Gasteiger partial charge on any atom is -0.368 e. The van der Waals surface area contributed by atoms with Gasteiger partial charge >= 0.3 is 0 Å². The Kier molecular flexibility index (Phi) is 5.81. The highest BCUT2D eigenvalue weighted by Gasteiger charge is 2.27. The van der Waals surface area contributed by atoms with Gasteiger partial charge in [0, 0.05) is 60.9 Å². The van der Waals surface area contributed by atoms with E-state index in [1.165, 1.54) is 10.7 Å². The van der Waals surface area contributed by atoms with Gasteiger partial charge in [-0.1, -0.05) is 17.7 Å². The highest BCUT2D eigenvalue weighted by molar-refractivity contribution is 6.30. The first-order chi connectivity index (χ1) is 14.5. The van der Waals surface area contributed by atoms with E-state index in [0.29, 0.717) is 36.9 Å². The number of anilines is 1. The number of benzene rings is 1. The van der Waals surface area contributed by atoms with Crippen molar-refractivity contribution >= 4 is 23.2 Å². The van der Waals surface area contributed by atoms with Crippen molar-refractivity contribution < 1.29 is 4.79 Å². The number of amides is 1. The van der Waals surface area contributed by atoms with E-state index in [1.807, 2.05) is 30.3 Å². The van der Waals surface area contributed by atoms with Gasteiger partial charge < -0.3 is 9.80 Å². The molecule has 0 aliphatic carbocycles. The maximum absolute atomic E-state index is 13.1. The van der Waals surface area contributed by atoms with Crippen LogP contribution in [0.4, 0.5) is 5.69 Å². The van der Waals surface area contributed by atoms with E-state index < -0.39 is 6.04 Å². The molecule has 1 unspecified atom stereocenters. The van der Waals surface area contributed by atoms with E-state index in [0.717, 1.165) is 11.3 Å². The lowest BCUT2D eigenvalue weighted by Gasteiger charge is -2.37. The predicted molar refractivity (Wildman–Crippen MR) is 117 cm³/mol. The number of carbonyl (C=O) groups excluding carboxylic acids is 1. The van der Waals surface area contributed by atoms with Crippen LogP contribution >= 0.6 is 11.6 Å². The SMILES string of the molecule is CC(C(=O)N1CCN(c2cccc(Cl)c2)CC1)n1nc(-c2cccnc2)ccc1=O. The van der Waals surface area contributed by atoms with Crippen LogP contribution in [0.3, 0.4) is 0 Å². The molecule has 1 aliphatic rings. The number of aromatic nitrogens is 3. The third-order valence-electron chi connectivity index (χ3n) is 5.27. The number of rotatable bonds is 4. The minimum atomic E-state index is -0.688. The summed E-state index contributed by atoms with van der Waals surface area (Å²) >= 11 is 6.09. The highest BCUT2D eigenvalue weighted by Crippen LogP contribution is 2.22. The summed E-state index contributed by atoms with van der Waals surface area (Å²) in [4.78, 5) is 33.5.